The number of rotatable bonds is 6. The predicted molar refractivity (Wildman–Crippen MR) is 143 cm³/mol. The number of sulfonamides is 1. The van der Waals surface area contributed by atoms with Crippen LogP contribution in [0.3, 0.4) is 0 Å². The van der Waals surface area contributed by atoms with Crippen molar-refractivity contribution in [2.45, 2.75) is 13.5 Å². The molecule has 6 aromatic rings. The highest BCUT2D eigenvalue weighted by Gasteiger charge is 2.18. The van der Waals surface area contributed by atoms with E-state index in [0.29, 0.717) is 39.4 Å². The normalized spacial score (nSPS) is 12.1. The molecule has 3 N–H and O–H groups in total. The number of nitrogens with one attached hydrogen (secondary N) is 3. The first kappa shape index (κ1) is 23.9. The molecule has 0 atom stereocenters. The zero-order valence-electron chi connectivity index (χ0n) is 20.7. The van der Waals surface area contributed by atoms with E-state index < -0.39 is 15.8 Å². The molecule has 38 heavy (non-hydrogen) atoms. The fraction of sp³-hybridized carbons (Fsp3) is 0.154. The fourth-order valence-electron chi connectivity index (χ4n) is 4.49. The molecule has 0 aliphatic rings. The van der Waals surface area contributed by atoms with E-state index in [2.05, 4.69) is 29.9 Å². The van der Waals surface area contributed by atoms with Crippen LogP contribution in [0.1, 0.15) is 11.4 Å². The Labute approximate surface area is 217 Å². The highest BCUT2D eigenvalue weighted by molar-refractivity contribution is 7.88. The summed E-state index contributed by atoms with van der Waals surface area (Å²) < 4.78 is 41.9. The minimum Gasteiger partial charge on any atom is -0.336 e. The van der Waals surface area contributed by atoms with Crippen molar-refractivity contribution in [3.63, 3.8) is 0 Å². The van der Waals surface area contributed by atoms with Gasteiger partial charge in [0.15, 0.2) is 5.82 Å². The molecule has 192 valence electrons. The number of imidazole rings is 2. The van der Waals surface area contributed by atoms with Gasteiger partial charge < -0.3 is 9.55 Å². The average Bonchev–Trinajstić information content (AvgIpc) is 3.58. The molecule has 0 aliphatic carbocycles. The molecule has 2 aromatic carbocycles. The maximum Gasteiger partial charge on any atom is 0.209 e. The summed E-state index contributed by atoms with van der Waals surface area (Å²) in [7, 11) is -1.46. The number of hydrogen-bond donors (Lipinski definition) is 3. The van der Waals surface area contributed by atoms with Gasteiger partial charge in [0.2, 0.25) is 10.0 Å². The summed E-state index contributed by atoms with van der Waals surface area (Å²) in [5, 5.41) is 8.46. The largest absolute Gasteiger partial charge is 0.336 e. The number of nitrogens with zero attached hydrogens (tertiary/aromatic N) is 5. The average molecular weight is 531 g/mol. The van der Waals surface area contributed by atoms with Crippen LogP contribution in [0, 0.1) is 12.7 Å². The number of halogens is 1. The van der Waals surface area contributed by atoms with Gasteiger partial charge >= 0.3 is 0 Å². The SMILES string of the molecule is Cc1ncc(-c2ccc3[nH]nc(-c4nc5c(-c6cc(F)cc(CNS(C)(=O)=O)c6)nccc5[nH]4)c3c2)n1C. The topological polar surface area (TPSA) is 134 Å². The molecular formula is C26H23FN8O2S. The molecule has 0 spiro atoms. The molecule has 10 nitrogen and oxygen atoms in total. The Balaban J connectivity index is 1.44. The lowest BCUT2D eigenvalue weighted by Gasteiger charge is -2.07. The van der Waals surface area contributed by atoms with Gasteiger partial charge in [0.1, 0.15) is 22.9 Å². The lowest BCUT2D eigenvalue weighted by molar-refractivity contribution is 0.586. The number of aromatic nitrogens is 7. The Kier molecular flexibility index (Phi) is 5.58. The van der Waals surface area contributed by atoms with Crippen LogP contribution in [0.4, 0.5) is 4.39 Å². The van der Waals surface area contributed by atoms with E-state index in [0.717, 1.165) is 34.2 Å². The van der Waals surface area contributed by atoms with Crippen LogP contribution in [0.15, 0.2) is 54.9 Å². The van der Waals surface area contributed by atoms with E-state index in [4.69, 9.17) is 4.98 Å². The summed E-state index contributed by atoms with van der Waals surface area (Å²) >= 11 is 0. The third-order valence-corrected chi connectivity index (χ3v) is 7.14. The van der Waals surface area contributed by atoms with Crippen molar-refractivity contribution >= 4 is 32.0 Å². The van der Waals surface area contributed by atoms with Crippen molar-refractivity contribution in [3.8, 4) is 34.0 Å². The molecule has 6 rings (SSSR count). The van der Waals surface area contributed by atoms with Crippen molar-refractivity contribution in [1.82, 2.24) is 39.4 Å². The lowest BCUT2D eigenvalue weighted by atomic mass is 10.1. The van der Waals surface area contributed by atoms with Gasteiger partial charge in [0.25, 0.3) is 0 Å². The summed E-state index contributed by atoms with van der Waals surface area (Å²) in [5.74, 6) is 0.949. The molecule has 4 heterocycles. The molecule has 0 saturated carbocycles. The first-order chi connectivity index (χ1) is 18.2. The molecule has 0 radical (unpaired) electrons. The van der Waals surface area contributed by atoms with Crippen LogP contribution < -0.4 is 4.72 Å². The Hall–Kier alpha value is -4.42. The quantitative estimate of drug-likeness (QED) is 0.297. The Morgan fingerprint density at radius 3 is 2.63 bits per heavy atom. The van der Waals surface area contributed by atoms with E-state index in [1.165, 1.54) is 12.1 Å². The van der Waals surface area contributed by atoms with Gasteiger partial charge in [-0.15, -0.1) is 0 Å². The summed E-state index contributed by atoms with van der Waals surface area (Å²) in [6.45, 7) is 1.91. The molecule has 0 bridgehead atoms. The summed E-state index contributed by atoms with van der Waals surface area (Å²) in [4.78, 5) is 17.0. The van der Waals surface area contributed by atoms with Crippen molar-refractivity contribution in [2.24, 2.45) is 7.05 Å². The second-order valence-electron chi connectivity index (χ2n) is 9.16. The maximum atomic E-state index is 14.5. The minimum absolute atomic E-state index is 0.0385. The number of aromatic amines is 2. The van der Waals surface area contributed by atoms with Gasteiger partial charge in [0.05, 0.1) is 34.9 Å². The van der Waals surface area contributed by atoms with Crippen molar-refractivity contribution in [2.75, 3.05) is 6.26 Å². The molecule has 0 aliphatic heterocycles. The number of fused-ring (bicyclic) bond motifs is 2. The molecule has 0 fully saturated rings. The maximum absolute atomic E-state index is 14.5. The van der Waals surface area contributed by atoms with E-state index in [1.54, 1.807) is 18.3 Å². The Morgan fingerprint density at radius 2 is 1.87 bits per heavy atom. The van der Waals surface area contributed by atoms with Gasteiger partial charge in [0, 0.05) is 36.3 Å². The number of H-pyrrole nitrogens is 2. The standard InChI is InChI=1S/C26H23FN8O2S/c1-14-29-13-22(35(14)2)16-4-5-20-19(11-16)24(34-33-20)26-31-21-6-7-28-23(25(21)32-26)17-8-15(9-18(27)10-17)12-30-38(3,36)37/h4-11,13,30H,12H2,1-3H3,(H,31,32)(H,33,34). The van der Waals surface area contributed by atoms with Crippen LogP contribution >= 0.6 is 0 Å². The van der Waals surface area contributed by atoms with Crippen molar-refractivity contribution in [1.29, 1.82) is 0 Å². The van der Waals surface area contributed by atoms with Gasteiger partial charge in [-0.05, 0) is 48.9 Å². The number of aryl methyl sites for hydroxylation is 1. The zero-order valence-corrected chi connectivity index (χ0v) is 21.6. The second kappa shape index (κ2) is 8.85. The number of pyridine rings is 1. The Bertz CT molecular complexity index is 1960. The predicted octanol–water partition coefficient (Wildman–Crippen LogP) is 4.07. The van der Waals surface area contributed by atoms with E-state index in [9.17, 15) is 12.8 Å². The lowest BCUT2D eigenvalue weighted by Crippen LogP contribution is -2.21. The molecule has 4 aromatic heterocycles. The fourth-order valence-corrected chi connectivity index (χ4v) is 4.92. The third-order valence-electron chi connectivity index (χ3n) is 6.47. The summed E-state index contributed by atoms with van der Waals surface area (Å²) in [6.07, 6.45) is 4.51. The monoisotopic (exact) mass is 530 g/mol. The first-order valence-electron chi connectivity index (χ1n) is 11.7. The number of benzene rings is 2. The first-order valence-corrected chi connectivity index (χ1v) is 13.6. The van der Waals surface area contributed by atoms with Crippen LogP contribution in [-0.2, 0) is 23.6 Å². The van der Waals surface area contributed by atoms with Gasteiger partial charge in [-0.1, -0.05) is 6.07 Å². The van der Waals surface area contributed by atoms with Crippen LogP contribution in [0.2, 0.25) is 0 Å². The van der Waals surface area contributed by atoms with Crippen LogP contribution in [0.5, 0.6) is 0 Å². The molecular weight excluding hydrogens is 507 g/mol. The third kappa shape index (κ3) is 4.33. The molecule has 0 saturated heterocycles. The van der Waals surface area contributed by atoms with Gasteiger partial charge in [-0.2, -0.15) is 5.10 Å². The molecule has 12 heteroatoms. The van der Waals surface area contributed by atoms with Crippen LogP contribution in [-0.4, -0.2) is 49.4 Å². The molecule has 0 unspecified atom stereocenters. The summed E-state index contributed by atoms with van der Waals surface area (Å²) in [6, 6.07) is 12.2. The van der Waals surface area contributed by atoms with Crippen molar-refractivity contribution in [3.05, 3.63) is 72.1 Å². The highest BCUT2D eigenvalue weighted by Crippen LogP contribution is 2.33. The van der Waals surface area contributed by atoms with Crippen molar-refractivity contribution < 1.29 is 12.8 Å². The highest BCUT2D eigenvalue weighted by atomic mass is 32.2. The Morgan fingerprint density at radius 1 is 1.03 bits per heavy atom. The van der Waals surface area contributed by atoms with Gasteiger partial charge in [-0.3, -0.25) is 10.1 Å². The number of hydrogen-bond acceptors (Lipinski definition) is 6. The second-order valence-corrected chi connectivity index (χ2v) is 11.0. The van der Waals surface area contributed by atoms with Crippen LogP contribution in [0.25, 0.3) is 56.0 Å². The van der Waals surface area contributed by atoms with Gasteiger partial charge in [-0.25, -0.2) is 27.5 Å². The van der Waals surface area contributed by atoms with E-state index in [1.807, 2.05) is 42.9 Å². The minimum atomic E-state index is -3.43. The van der Waals surface area contributed by atoms with E-state index in [-0.39, 0.29) is 6.54 Å². The molecule has 0 amide bonds. The smallest absolute Gasteiger partial charge is 0.209 e. The van der Waals surface area contributed by atoms with E-state index >= 15 is 0 Å². The zero-order chi connectivity index (χ0) is 26.6. The summed E-state index contributed by atoms with van der Waals surface area (Å²) in [5.41, 5.74) is 6.16.